The summed E-state index contributed by atoms with van der Waals surface area (Å²) in [6, 6.07) is 7.65. The van der Waals surface area contributed by atoms with Crippen molar-refractivity contribution < 1.29 is 19.0 Å². The van der Waals surface area contributed by atoms with E-state index in [0.29, 0.717) is 38.4 Å². The average Bonchev–Trinajstić information content (AvgIpc) is 3.24. The van der Waals surface area contributed by atoms with E-state index < -0.39 is 0 Å². The lowest BCUT2D eigenvalue weighted by atomic mass is 10.1. The standard InChI is InChI=1S/C19H25N3O4/c1-3-25-17-7-5-4-6-14(17)8-9-19(23)21-16-12-24-13-18(16)26-15-10-20-22(2)11-15/h4-7,10-11,16,18H,3,8-9,12-13H2,1-2H3,(H,21,23)/t16-,18+/m0/s1. The van der Waals surface area contributed by atoms with Gasteiger partial charge in [-0.25, -0.2) is 0 Å². The highest BCUT2D eigenvalue weighted by Crippen LogP contribution is 2.20. The van der Waals surface area contributed by atoms with Crippen LogP contribution in [0.4, 0.5) is 0 Å². The molecule has 1 N–H and O–H groups in total. The molecular weight excluding hydrogens is 334 g/mol. The minimum atomic E-state index is -0.209. The van der Waals surface area contributed by atoms with Crippen LogP contribution in [0.25, 0.3) is 0 Å². The van der Waals surface area contributed by atoms with Gasteiger partial charge in [0.05, 0.1) is 38.3 Å². The molecule has 2 aromatic rings. The number of carbonyl (C=O) groups is 1. The molecule has 1 aliphatic rings. The van der Waals surface area contributed by atoms with Crippen molar-refractivity contribution in [3.8, 4) is 11.5 Å². The summed E-state index contributed by atoms with van der Waals surface area (Å²) < 4.78 is 18.6. The number of benzene rings is 1. The van der Waals surface area contributed by atoms with E-state index in [1.165, 1.54) is 0 Å². The number of nitrogens with zero attached hydrogens (tertiary/aromatic N) is 2. The zero-order valence-electron chi connectivity index (χ0n) is 15.2. The molecule has 1 saturated heterocycles. The molecule has 0 bridgehead atoms. The topological polar surface area (TPSA) is 74.6 Å². The van der Waals surface area contributed by atoms with Crippen LogP contribution >= 0.6 is 0 Å². The van der Waals surface area contributed by atoms with Crippen LogP contribution in [0, 0.1) is 0 Å². The zero-order valence-corrected chi connectivity index (χ0v) is 15.2. The van der Waals surface area contributed by atoms with Gasteiger partial charge in [0.1, 0.15) is 11.9 Å². The van der Waals surface area contributed by atoms with Gasteiger partial charge in [-0.05, 0) is 25.0 Å². The quantitative estimate of drug-likeness (QED) is 0.777. The number of amides is 1. The number of nitrogens with one attached hydrogen (secondary N) is 1. The molecule has 0 radical (unpaired) electrons. The Balaban J connectivity index is 1.51. The Kier molecular flexibility index (Phi) is 6.12. The van der Waals surface area contributed by atoms with E-state index in [4.69, 9.17) is 14.2 Å². The smallest absolute Gasteiger partial charge is 0.220 e. The number of hydrogen-bond acceptors (Lipinski definition) is 5. The van der Waals surface area contributed by atoms with Crippen molar-refractivity contribution >= 4 is 5.91 Å². The van der Waals surface area contributed by atoms with E-state index in [-0.39, 0.29) is 18.1 Å². The maximum absolute atomic E-state index is 12.4. The summed E-state index contributed by atoms with van der Waals surface area (Å²) in [5.74, 6) is 1.49. The average molecular weight is 359 g/mol. The lowest BCUT2D eigenvalue weighted by Gasteiger charge is -2.19. The number of aromatic nitrogens is 2. The Morgan fingerprint density at radius 1 is 1.38 bits per heavy atom. The predicted molar refractivity (Wildman–Crippen MR) is 96.3 cm³/mol. The van der Waals surface area contributed by atoms with Gasteiger partial charge < -0.3 is 19.5 Å². The van der Waals surface area contributed by atoms with Gasteiger partial charge in [0, 0.05) is 13.5 Å². The first-order valence-electron chi connectivity index (χ1n) is 8.89. The van der Waals surface area contributed by atoms with E-state index in [1.54, 1.807) is 17.1 Å². The monoisotopic (exact) mass is 359 g/mol. The van der Waals surface area contributed by atoms with Crippen LogP contribution in [-0.4, -0.2) is 47.7 Å². The van der Waals surface area contributed by atoms with Crippen molar-refractivity contribution in [1.82, 2.24) is 15.1 Å². The van der Waals surface area contributed by atoms with E-state index in [0.717, 1.165) is 11.3 Å². The SMILES string of the molecule is CCOc1ccccc1CCC(=O)N[C@H]1COC[C@H]1Oc1cnn(C)c1. The second kappa shape index (κ2) is 8.71. The lowest BCUT2D eigenvalue weighted by molar-refractivity contribution is -0.122. The minimum Gasteiger partial charge on any atom is -0.494 e. The minimum absolute atomic E-state index is 0.0217. The summed E-state index contributed by atoms with van der Waals surface area (Å²) in [6.45, 7) is 3.46. The zero-order chi connectivity index (χ0) is 18.4. The van der Waals surface area contributed by atoms with Crippen LogP contribution < -0.4 is 14.8 Å². The third-order valence-electron chi connectivity index (χ3n) is 4.24. The second-order valence-electron chi connectivity index (χ2n) is 6.26. The number of hydrogen-bond donors (Lipinski definition) is 1. The largest absolute Gasteiger partial charge is 0.494 e. The molecule has 0 spiro atoms. The number of para-hydroxylation sites is 1. The molecule has 7 heteroatoms. The normalized spacial score (nSPS) is 19.3. The summed E-state index contributed by atoms with van der Waals surface area (Å²) in [5, 5.41) is 7.10. The van der Waals surface area contributed by atoms with Crippen molar-refractivity contribution in [2.24, 2.45) is 7.05 Å². The Hall–Kier alpha value is -2.54. The van der Waals surface area contributed by atoms with Gasteiger partial charge in [-0.3, -0.25) is 9.48 Å². The van der Waals surface area contributed by atoms with Crippen LogP contribution in [0.1, 0.15) is 18.9 Å². The van der Waals surface area contributed by atoms with Gasteiger partial charge in [-0.1, -0.05) is 18.2 Å². The first kappa shape index (κ1) is 18.3. The second-order valence-corrected chi connectivity index (χ2v) is 6.26. The van der Waals surface area contributed by atoms with E-state index in [2.05, 4.69) is 10.4 Å². The Morgan fingerprint density at radius 2 is 2.23 bits per heavy atom. The van der Waals surface area contributed by atoms with Gasteiger partial charge in [-0.2, -0.15) is 5.10 Å². The number of aryl methyl sites for hydroxylation is 2. The van der Waals surface area contributed by atoms with Gasteiger partial charge in [0.25, 0.3) is 0 Å². The van der Waals surface area contributed by atoms with Gasteiger partial charge >= 0.3 is 0 Å². The maximum Gasteiger partial charge on any atom is 0.220 e. The first-order valence-corrected chi connectivity index (χ1v) is 8.89. The molecule has 1 amide bonds. The molecule has 2 heterocycles. The molecule has 7 nitrogen and oxygen atoms in total. The van der Waals surface area contributed by atoms with Crippen LogP contribution in [-0.2, 0) is 23.0 Å². The van der Waals surface area contributed by atoms with Gasteiger partial charge in [0.15, 0.2) is 5.75 Å². The molecule has 1 aromatic carbocycles. The summed E-state index contributed by atoms with van der Waals surface area (Å²) in [4.78, 5) is 12.4. The van der Waals surface area contributed by atoms with Crippen LogP contribution in [0.5, 0.6) is 11.5 Å². The van der Waals surface area contributed by atoms with Crippen molar-refractivity contribution in [3.05, 3.63) is 42.2 Å². The third kappa shape index (κ3) is 4.76. The molecule has 1 fully saturated rings. The molecule has 2 atom stereocenters. The fourth-order valence-corrected chi connectivity index (χ4v) is 2.95. The maximum atomic E-state index is 12.4. The third-order valence-corrected chi connectivity index (χ3v) is 4.24. The van der Waals surface area contributed by atoms with Crippen LogP contribution in [0.15, 0.2) is 36.7 Å². The van der Waals surface area contributed by atoms with Crippen LogP contribution in [0.2, 0.25) is 0 Å². The summed E-state index contributed by atoms with van der Waals surface area (Å²) in [7, 11) is 1.83. The Labute approximate surface area is 153 Å². The highest BCUT2D eigenvalue weighted by atomic mass is 16.5. The Morgan fingerprint density at radius 3 is 3.00 bits per heavy atom. The molecule has 26 heavy (non-hydrogen) atoms. The lowest BCUT2D eigenvalue weighted by Crippen LogP contribution is -2.45. The van der Waals surface area contributed by atoms with Crippen molar-refractivity contribution in [2.75, 3.05) is 19.8 Å². The predicted octanol–water partition coefficient (Wildman–Crippen LogP) is 1.71. The Bertz CT molecular complexity index is 731. The van der Waals surface area contributed by atoms with E-state index in [9.17, 15) is 4.79 Å². The van der Waals surface area contributed by atoms with Gasteiger partial charge in [-0.15, -0.1) is 0 Å². The van der Waals surface area contributed by atoms with Crippen molar-refractivity contribution in [2.45, 2.75) is 31.9 Å². The summed E-state index contributed by atoms with van der Waals surface area (Å²) in [5.41, 5.74) is 1.04. The molecule has 0 aliphatic carbocycles. The highest BCUT2D eigenvalue weighted by molar-refractivity contribution is 5.76. The number of rotatable bonds is 8. The van der Waals surface area contributed by atoms with Gasteiger partial charge in [0.2, 0.25) is 5.91 Å². The van der Waals surface area contributed by atoms with E-state index in [1.807, 2.05) is 38.2 Å². The number of carbonyl (C=O) groups excluding carboxylic acids is 1. The molecule has 1 aliphatic heterocycles. The van der Waals surface area contributed by atoms with E-state index >= 15 is 0 Å². The molecule has 0 unspecified atom stereocenters. The molecule has 1 aromatic heterocycles. The summed E-state index contributed by atoms with van der Waals surface area (Å²) in [6.07, 6.45) is 4.26. The summed E-state index contributed by atoms with van der Waals surface area (Å²) >= 11 is 0. The molecular formula is C19H25N3O4. The molecule has 0 saturated carbocycles. The first-order chi connectivity index (χ1) is 12.7. The van der Waals surface area contributed by atoms with Crippen LogP contribution in [0.3, 0.4) is 0 Å². The van der Waals surface area contributed by atoms with Crippen molar-refractivity contribution in [1.29, 1.82) is 0 Å². The fourth-order valence-electron chi connectivity index (χ4n) is 2.95. The fraction of sp³-hybridized carbons (Fsp3) is 0.474. The number of ether oxygens (including phenoxy) is 3. The molecule has 140 valence electrons. The highest BCUT2D eigenvalue weighted by Gasteiger charge is 2.31. The molecule has 3 rings (SSSR count). The van der Waals surface area contributed by atoms with Crippen molar-refractivity contribution in [3.63, 3.8) is 0 Å².